The number of urea groups is 1. The molecule has 0 aromatic heterocycles. The molecule has 0 saturated carbocycles. The number of hydrogen-bond acceptors (Lipinski definition) is 4. The van der Waals surface area contributed by atoms with Crippen molar-refractivity contribution in [1.29, 1.82) is 0 Å². The third kappa shape index (κ3) is 5.26. The molecule has 0 saturated heterocycles. The first-order valence-electron chi connectivity index (χ1n) is 5.63. The van der Waals surface area contributed by atoms with E-state index in [-0.39, 0.29) is 0 Å². The van der Waals surface area contributed by atoms with Gasteiger partial charge in [-0.15, -0.1) is 0 Å². The Morgan fingerprint density at radius 1 is 1.32 bits per heavy atom. The summed E-state index contributed by atoms with van der Waals surface area (Å²) in [4.78, 5) is 27.9. The molecule has 3 N–H and O–H groups in total. The summed E-state index contributed by atoms with van der Waals surface area (Å²) in [6.45, 7) is -0.266. The van der Waals surface area contributed by atoms with Crippen LogP contribution in [0.4, 0.5) is 10.5 Å². The van der Waals surface area contributed by atoms with Crippen molar-refractivity contribution in [3.63, 3.8) is 0 Å². The summed E-state index contributed by atoms with van der Waals surface area (Å²) in [6.07, 6.45) is 0. The number of para-hydroxylation sites is 1. The lowest BCUT2D eigenvalue weighted by Gasteiger charge is -2.17. The fourth-order valence-corrected chi connectivity index (χ4v) is 1.47. The molecule has 7 heteroatoms. The van der Waals surface area contributed by atoms with Crippen LogP contribution in [0.3, 0.4) is 0 Å². The van der Waals surface area contributed by atoms with Crippen molar-refractivity contribution in [3.8, 4) is 0 Å². The highest BCUT2D eigenvalue weighted by atomic mass is 16.7. The molecule has 0 aliphatic heterocycles. The largest absolute Gasteiger partial charge is 0.479 e. The fourth-order valence-electron chi connectivity index (χ4n) is 1.47. The van der Waals surface area contributed by atoms with Crippen LogP contribution in [-0.2, 0) is 16.2 Å². The van der Waals surface area contributed by atoms with Gasteiger partial charge in [0.1, 0.15) is 0 Å². The molecule has 0 radical (unpaired) electrons. The van der Waals surface area contributed by atoms with Gasteiger partial charge >= 0.3 is 12.0 Å². The molecule has 2 amide bonds. The van der Waals surface area contributed by atoms with Crippen LogP contribution >= 0.6 is 0 Å². The van der Waals surface area contributed by atoms with Crippen molar-refractivity contribution in [3.05, 3.63) is 29.8 Å². The summed E-state index contributed by atoms with van der Waals surface area (Å²) >= 11 is 0. The molecule has 0 spiro atoms. The highest BCUT2D eigenvalue weighted by Crippen LogP contribution is 2.17. The Labute approximate surface area is 111 Å². The second-order valence-corrected chi connectivity index (χ2v) is 3.99. The Morgan fingerprint density at radius 2 is 2.00 bits per heavy atom. The van der Waals surface area contributed by atoms with E-state index in [1.165, 1.54) is 0 Å². The summed E-state index contributed by atoms with van der Waals surface area (Å²) < 4.78 is 0. The summed E-state index contributed by atoms with van der Waals surface area (Å²) in [5.74, 6) is -1.15. The zero-order chi connectivity index (χ0) is 14.3. The third-order valence-electron chi connectivity index (χ3n) is 2.27. The van der Waals surface area contributed by atoms with Gasteiger partial charge in [0.15, 0.2) is 6.61 Å². The number of hydroxylamine groups is 1. The maximum atomic E-state index is 11.3. The lowest BCUT2D eigenvalue weighted by atomic mass is 10.1. The molecule has 1 rings (SSSR count). The van der Waals surface area contributed by atoms with Crippen LogP contribution in [0.1, 0.15) is 5.56 Å². The number of nitrogens with one attached hydrogen (secondary N) is 2. The summed E-state index contributed by atoms with van der Waals surface area (Å²) in [7, 11) is 3.82. The second kappa shape index (κ2) is 7.22. The zero-order valence-corrected chi connectivity index (χ0v) is 10.8. The molecule has 0 aliphatic rings. The van der Waals surface area contributed by atoms with Gasteiger partial charge in [-0.05, 0) is 11.6 Å². The molecule has 7 nitrogen and oxygen atoms in total. The summed E-state index contributed by atoms with van der Waals surface area (Å²) in [6, 6.07) is 7.04. The number of anilines is 1. The minimum absolute atomic E-state index is 0.316. The number of carbonyl (C=O) groups excluding carboxylic acids is 1. The number of carbonyl (C=O) groups is 2. The van der Waals surface area contributed by atoms with Crippen molar-refractivity contribution in [1.82, 2.24) is 10.8 Å². The fraction of sp³-hybridized carbons (Fsp3) is 0.333. The van der Waals surface area contributed by atoms with E-state index < -0.39 is 18.6 Å². The highest BCUT2D eigenvalue weighted by Gasteiger charge is 2.06. The van der Waals surface area contributed by atoms with Gasteiger partial charge < -0.3 is 15.3 Å². The average Bonchev–Trinajstić information content (AvgIpc) is 2.36. The molecule has 0 unspecified atom stereocenters. The lowest BCUT2D eigenvalue weighted by molar-refractivity contribution is -0.144. The van der Waals surface area contributed by atoms with E-state index >= 15 is 0 Å². The lowest BCUT2D eigenvalue weighted by Crippen LogP contribution is -2.36. The minimum Gasteiger partial charge on any atom is -0.479 e. The van der Waals surface area contributed by atoms with Gasteiger partial charge in [-0.25, -0.2) is 15.1 Å². The smallest absolute Gasteiger partial charge is 0.338 e. The number of hydrogen-bond donors (Lipinski definition) is 3. The van der Waals surface area contributed by atoms with Crippen LogP contribution in [0.15, 0.2) is 24.3 Å². The predicted octanol–water partition coefficient (Wildman–Crippen LogP) is 0.568. The van der Waals surface area contributed by atoms with Crippen molar-refractivity contribution < 1.29 is 19.5 Å². The van der Waals surface area contributed by atoms with Crippen molar-refractivity contribution in [2.45, 2.75) is 6.54 Å². The molecule has 0 atom stereocenters. The minimum atomic E-state index is -1.15. The number of rotatable bonds is 6. The Bertz CT molecular complexity index is 448. The van der Waals surface area contributed by atoms with E-state index in [1.54, 1.807) is 0 Å². The Kier molecular flexibility index (Phi) is 5.62. The Morgan fingerprint density at radius 3 is 2.63 bits per heavy atom. The number of carboxylic acids is 1. The zero-order valence-electron chi connectivity index (χ0n) is 10.8. The van der Waals surface area contributed by atoms with Gasteiger partial charge in [0.2, 0.25) is 0 Å². The Balaban J connectivity index is 2.44. The topological polar surface area (TPSA) is 90.9 Å². The molecule has 1 aromatic rings. The first-order valence-corrected chi connectivity index (χ1v) is 5.63. The van der Waals surface area contributed by atoms with E-state index in [2.05, 4.69) is 10.2 Å². The van der Waals surface area contributed by atoms with Crippen LogP contribution in [0, 0.1) is 0 Å². The number of carboxylic acid groups (broad SMARTS) is 1. The van der Waals surface area contributed by atoms with Gasteiger partial charge in [-0.1, -0.05) is 18.2 Å². The third-order valence-corrected chi connectivity index (χ3v) is 2.27. The standard InChI is InChI=1S/C12H17N3O4/c1-15(2)10-6-4-3-5-9(10)7-13-12(18)14-19-8-11(16)17/h3-6H,7-8H2,1-2H3,(H,16,17)(H2,13,14,18). The van der Waals surface area contributed by atoms with Gasteiger partial charge in [-0.2, -0.15) is 0 Å². The first-order chi connectivity index (χ1) is 9.00. The number of benzene rings is 1. The van der Waals surface area contributed by atoms with Crippen molar-refractivity contribution in [2.24, 2.45) is 0 Å². The maximum Gasteiger partial charge on any atom is 0.338 e. The molecule has 0 heterocycles. The highest BCUT2D eigenvalue weighted by molar-refractivity contribution is 5.73. The molecular weight excluding hydrogens is 250 g/mol. The predicted molar refractivity (Wildman–Crippen MR) is 69.7 cm³/mol. The number of aliphatic carboxylic acids is 1. The maximum absolute atomic E-state index is 11.3. The normalized spacial score (nSPS) is 9.79. The first kappa shape index (κ1) is 14.8. The second-order valence-electron chi connectivity index (χ2n) is 3.99. The van der Waals surface area contributed by atoms with Crippen molar-refractivity contribution in [2.75, 3.05) is 25.6 Å². The number of nitrogens with zero attached hydrogens (tertiary/aromatic N) is 1. The molecular formula is C12H17N3O4. The monoisotopic (exact) mass is 267 g/mol. The SMILES string of the molecule is CN(C)c1ccccc1CNC(=O)NOCC(=O)O. The van der Waals surface area contributed by atoms with E-state index in [4.69, 9.17) is 5.11 Å². The molecule has 0 bridgehead atoms. The molecule has 0 fully saturated rings. The quantitative estimate of drug-likeness (QED) is 0.655. The summed E-state index contributed by atoms with van der Waals surface area (Å²) in [5.41, 5.74) is 3.93. The van der Waals surface area contributed by atoms with Crippen molar-refractivity contribution >= 4 is 17.7 Å². The van der Waals surface area contributed by atoms with Crippen LogP contribution in [0.5, 0.6) is 0 Å². The Hall–Kier alpha value is -2.28. The van der Waals surface area contributed by atoms with Gasteiger partial charge in [-0.3, -0.25) is 4.84 Å². The molecule has 104 valence electrons. The van der Waals surface area contributed by atoms with E-state index in [0.29, 0.717) is 6.54 Å². The van der Waals surface area contributed by atoms with Gasteiger partial charge in [0, 0.05) is 26.3 Å². The van der Waals surface area contributed by atoms with Gasteiger partial charge in [0.05, 0.1) is 0 Å². The average molecular weight is 267 g/mol. The van der Waals surface area contributed by atoms with Crippen LogP contribution in [0.2, 0.25) is 0 Å². The van der Waals surface area contributed by atoms with Crippen LogP contribution in [-0.4, -0.2) is 37.8 Å². The molecule has 0 aliphatic carbocycles. The van der Waals surface area contributed by atoms with E-state index in [0.717, 1.165) is 11.3 Å². The molecule has 1 aromatic carbocycles. The van der Waals surface area contributed by atoms with E-state index in [9.17, 15) is 9.59 Å². The number of amides is 2. The van der Waals surface area contributed by atoms with E-state index in [1.807, 2.05) is 48.7 Å². The van der Waals surface area contributed by atoms with Crippen LogP contribution in [0.25, 0.3) is 0 Å². The van der Waals surface area contributed by atoms with Crippen LogP contribution < -0.4 is 15.7 Å². The molecule has 19 heavy (non-hydrogen) atoms. The summed E-state index contributed by atoms with van der Waals surface area (Å²) in [5, 5.41) is 10.9. The van der Waals surface area contributed by atoms with Gasteiger partial charge in [0.25, 0.3) is 0 Å².